The number of aryl methyl sites for hydroxylation is 1. The zero-order valence-corrected chi connectivity index (χ0v) is 15.6. The van der Waals surface area contributed by atoms with Crippen molar-refractivity contribution < 1.29 is 19.1 Å². The van der Waals surface area contributed by atoms with Crippen molar-refractivity contribution in [3.8, 4) is 0 Å². The van der Waals surface area contributed by atoms with Crippen molar-refractivity contribution in [2.24, 2.45) is 0 Å². The Balaban J connectivity index is 1.41. The van der Waals surface area contributed by atoms with Gasteiger partial charge in [-0.3, -0.25) is 9.59 Å². The van der Waals surface area contributed by atoms with Crippen molar-refractivity contribution >= 4 is 33.4 Å². The molecular weight excluding hydrogens is 354 g/mol. The number of aromatic nitrogens is 1. The third-order valence-electron chi connectivity index (χ3n) is 4.22. The monoisotopic (exact) mass is 377 g/mol. The fraction of sp³-hybridized carbons (Fsp3) is 0.500. The summed E-state index contributed by atoms with van der Waals surface area (Å²) in [4.78, 5) is 30.1. The second-order valence-corrected chi connectivity index (χ2v) is 7.26. The number of morpholine rings is 1. The van der Waals surface area contributed by atoms with Gasteiger partial charge >= 0.3 is 0 Å². The van der Waals surface area contributed by atoms with E-state index in [2.05, 4.69) is 10.3 Å². The van der Waals surface area contributed by atoms with Gasteiger partial charge < -0.3 is 19.7 Å². The molecule has 1 atom stereocenters. The minimum absolute atomic E-state index is 0.0341. The number of carbonyl (C=O) groups excluding carboxylic acids is 2. The van der Waals surface area contributed by atoms with Crippen molar-refractivity contribution in [1.29, 1.82) is 0 Å². The first-order chi connectivity index (χ1) is 12.7. The molecule has 1 aromatic carbocycles. The number of ether oxygens (including phenoxy) is 2. The average molecular weight is 377 g/mol. The van der Waals surface area contributed by atoms with Gasteiger partial charge in [-0.05, 0) is 12.1 Å². The quantitative estimate of drug-likeness (QED) is 0.748. The van der Waals surface area contributed by atoms with Gasteiger partial charge in [0.25, 0.3) is 0 Å². The van der Waals surface area contributed by atoms with E-state index < -0.39 is 0 Å². The minimum atomic E-state index is -0.184. The Hall–Kier alpha value is -2.03. The lowest BCUT2D eigenvalue weighted by molar-refractivity contribution is -0.149. The average Bonchev–Trinajstić information content (AvgIpc) is 3.07. The molecule has 2 heterocycles. The maximum Gasteiger partial charge on any atom is 0.248 e. The van der Waals surface area contributed by atoms with Crippen LogP contribution in [0.1, 0.15) is 11.4 Å². The van der Waals surface area contributed by atoms with E-state index >= 15 is 0 Å². The minimum Gasteiger partial charge on any atom is -0.383 e. The zero-order chi connectivity index (χ0) is 18.4. The number of thiazole rings is 1. The van der Waals surface area contributed by atoms with Crippen molar-refractivity contribution in [3.63, 3.8) is 0 Å². The van der Waals surface area contributed by atoms with Crippen LogP contribution in [0.4, 0.5) is 0 Å². The topological polar surface area (TPSA) is 80.8 Å². The fourth-order valence-corrected chi connectivity index (χ4v) is 3.75. The van der Waals surface area contributed by atoms with Crippen molar-refractivity contribution in [2.75, 3.05) is 40.0 Å². The molecule has 1 aliphatic rings. The lowest BCUT2D eigenvalue weighted by Crippen LogP contribution is -2.51. The third kappa shape index (κ3) is 5.00. The Morgan fingerprint density at radius 2 is 2.31 bits per heavy atom. The maximum absolute atomic E-state index is 12.1. The molecule has 1 unspecified atom stereocenters. The molecule has 1 aliphatic heterocycles. The van der Waals surface area contributed by atoms with Gasteiger partial charge in [0.15, 0.2) is 0 Å². The molecule has 2 aromatic rings. The van der Waals surface area contributed by atoms with Crippen LogP contribution in [0.3, 0.4) is 0 Å². The van der Waals surface area contributed by atoms with E-state index in [-0.39, 0.29) is 24.5 Å². The van der Waals surface area contributed by atoms with Gasteiger partial charge in [0.2, 0.25) is 11.8 Å². The Bertz CT molecular complexity index is 731. The van der Waals surface area contributed by atoms with Crippen LogP contribution in [0.5, 0.6) is 0 Å². The zero-order valence-electron chi connectivity index (χ0n) is 14.8. The van der Waals surface area contributed by atoms with Gasteiger partial charge in [-0.25, -0.2) is 4.98 Å². The highest BCUT2D eigenvalue weighted by molar-refractivity contribution is 7.18. The molecule has 140 valence electrons. The normalized spacial score (nSPS) is 17.7. The van der Waals surface area contributed by atoms with E-state index in [0.717, 1.165) is 15.2 Å². The summed E-state index contributed by atoms with van der Waals surface area (Å²) in [6, 6.07) is 7.96. The Labute approximate surface area is 156 Å². The molecule has 8 heteroatoms. The van der Waals surface area contributed by atoms with Crippen molar-refractivity contribution in [1.82, 2.24) is 15.2 Å². The van der Waals surface area contributed by atoms with E-state index in [0.29, 0.717) is 39.1 Å². The predicted octanol–water partition coefficient (Wildman–Crippen LogP) is 1.22. The molecule has 0 bridgehead atoms. The first kappa shape index (κ1) is 18.8. The van der Waals surface area contributed by atoms with Gasteiger partial charge in [-0.1, -0.05) is 12.1 Å². The number of amides is 2. The summed E-state index contributed by atoms with van der Waals surface area (Å²) in [7, 11) is 1.61. The van der Waals surface area contributed by atoms with E-state index in [1.54, 1.807) is 23.3 Å². The molecule has 2 amide bonds. The highest BCUT2D eigenvalue weighted by Gasteiger charge is 2.26. The predicted molar refractivity (Wildman–Crippen MR) is 99.1 cm³/mol. The van der Waals surface area contributed by atoms with Crippen LogP contribution >= 0.6 is 11.3 Å². The smallest absolute Gasteiger partial charge is 0.248 e. The lowest BCUT2D eigenvalue weighted by Gasteiger charge is -2.32. The maximum atomic E-state index is 12.1. The number of fused-ring (bicyclic) bond motifs is 1. The van der Waals surface area contributed by atoms with Crippen molar-refractivity contribution in [2.45, 2.75) is 18.9 Å². The number of hydrogen-bond donors (Lipinski definition) is 1. The first-order valence-electron chi connectivity index (χ1n) is 8.65. The number of nitrogens with one attached hydrogen (secondary N) is 1. The molecule has 3 rings (SSSR count). The van der Waals surface area contributed by atoms with Gasteiger partial charge in [-0.2, -0.15) is 0 Å². The molecule has 0 aliphatic carbocycles. The van der Waals surface area contributed by atoms with Crippen LogP contribution in [-0.2, 0) is 25.5 Å². The number of para-hydroxylation sites is 1. The highest BCUT2D eigenvalue weighted by Crippen LogP contribution is 2.22. The number of nitrogens with zero attached hydrogens (tertiary/aromatic N) is 2. The molecule has 0 radical (unpaired) electrons. The van der Waals surface area contributed by atoms with Crippen LogP contribution in [0, 0.1) is 0 Å². The number of hydrogen-bond acceptors (Lipinski definition) is 6. The molecule has 0 saturated carbocycles. The van der Waals surface area contributed by atoms with Gasteiger partial charge in [0, 0.05) is 39.6 Å². The number of benzene rings is 1. The Morgan fingerprint density at radius 1 is 1.46 bits per heavy atom. The summed E-state index contributed by atoms with van der Waals surface area (Å²) in [5, 5.41) is 3.86. The van der Waals surface area contributed by atoms with E-state index in [4.69, 9.17) is 9.47 Å². The molecular formula is C18H23N3O4S. The summed E-state index contributed by atoms with van der Waals surface area (Å²) in [5.74, 6) is -0.0753. The standard InChI is InChI=1S/C18H23N3O4S/c1-24-9-8-21-11-13(25-12-18(21)23)10-19-16(22)6-7-17-20-14-4-2-3-5-15(14)26-17/h2-5,13H,6-12H2,1H3,(H,19,22). The largest absolute Gasteiger partial charge is 0.383 e. The van der Waals surface area contributed by atoms with E-state index in [9.17, 15) is 9.59 Å². The first-order valence-corrected chi connectivity index (χ1v) is 9.47. The van der Waals surface area contributed by atoms with Crippen LogP contribution < -0.4 is 5.32 Å². The summed E-state index contributed by atoms with van der Waals surface area (Å²) < 4.78 is 11.6. The summed E-state index contributed by atoms with van der Waals surface area (Å²) in [5.41, 5.74) is 0.976. The van der Waals surface area contributed by atoms with Gasteiger partial charge in [0.1, 0.15) is 6.61 Å². The van der Waals surface area contributed by atoms with Gasteiger partial charge in [0.05, 0.1) is 27.9 Å². The van der Waals surface area contributed by atoms with E-state index in [1.807, 2.05) is 24.3 Å². The number of rotatable bonds is 8. The molecule has 0 spiro atoms. The van der Waals surface area contributed by atoms with Crippen LogP contribution in [-0.4, -0.2) is 67.8 Å². The Morgan fingerprint density at radius 3 is 3.12 bits per heavy atom. The molecule has 1 aromatic heterocycles. The number of carbonyl (C=O) groups is 2. The fourth-order valence-electron chi connectivity index (χ4n) is 2.79. The Kier molecular flexibility index (Phi) is 6.54. The second-order valence-electron chi connectivity index (χ2n) is 6.14. The lowest BCUT2D eigenvalue weighted by atomic mass is 10.2. The highest BCUT2D eigenvalue weighted by atomic mass is 32.1. The number of methoxy groups -OCH3 is 1. The molecule has 1 N–H and O–H groups in total. The molecule has 26 heavy (non-hydrogen) atoms. The molecule has 1 fully saturated rings. The summed E-state index contributed by atoms with van der Waals surface area (Å²) in [6.07, 6.45) is 0.824. The molecule has 1 saturated heterocycles. The summed E-state index contributed by atoms with van der Waals surface area (Å²) in [6.45, 7) is 1.96. The SMILES string of the molecule is COCCN1CC(CNC(=O)CCc2nc3ccccc3s2)OCC1=O. The van der Waals surface area contributed by atoms with Crippen LogP contribution in [0.25, 0.3) is 10.2 Å². The summed E-state index contributed by atoms with van der Waals surface area (Å²) >= 11 is 1.62. The third-order valence-corrected chi connectivity index (χ3v) is 5.31. The second kappa shape index (κ2) is 9.07. The van der Waals surface area contributed by atoms with Crippen molar-refractivity contribution in [3.05, 3.63) is 29.3 Å². The molecule has 7 nitrogen and oxygen atoms in total. The van der Waals surface area contributed by atoms with Crippen LogP contribution in [0.15, 0.2) is 24.3 Å². The van der Waals surface area contributed by atoms with Gasteiger partial charge in [-0.15, -0.1) is 11.3 Å². The van der Waals surface area contributed by atoms with E-state index in [1.165, 1.54) is 0 Å². The van der Waals surface area contributed by atoms with Crippen LogP contribution in [0.2, 0.25) is 0 Å².